The molecule has 96 valence electrons. The average molecular weight is 227 g/mol. The van der Waals surface area contributed by atoms with Gasteiger partial charge in [0.25, 0.3) is 0 Å². The summed E-state index contributed by atoms with van der Waals surface area (Å²) in [4.78, 5) is 4.84. The minimum atomic E-state index is 0.721. The molecule has 0 radical (unpaired) electrons. The van der Waals surface area contributed by atoms with Gasteiger partial charge in [-0.2, -0.15) is 0 Å². The van der Waals surface area contributed by atoms with Crippen molar-refractivity contribution in [3.63, 3.8) is 0 Å². The molecule has 1 fully saturated rings. The van der Waals surface area contributed by atoms with E-state index in [1.54, 1.807) is 0 Å². The molecule has 0 aromatic carbocycles. The lowest BCUT2D eigenvalue weighted by Gasteiger charge is -2.20. The molecule has 1 rings (SSSR count). The molecule has 16 heavy (non-hydrogen) atoms. The van der Waals surface area contributed by atoms with Gasteiger partial charge < -0.3 is 15.1 Å². The Labute approximate surface area is 101 Å². The van der Waals surface area contributed by atoms with E-state index >= 15 is 0 Å². The number of likely N-dealkylation sites (tertiary alicyclic amines) is 1. The van der Waals surface area contributed by atoms with Crippen LogP contribution in [0, 0.1) is 5.92 Å². The zero-order valence-electron chi connectivity index (χ0n) is 11.5. The van der Waals surface area contributed by atoms with Crippen molar-refractivity contribution in [1.29, 1.82) is 0 Å². The second-order valence-electron chi connectivity index (χ2n) is 5.60. The Morgan fingerprint density at radius 3 is 2.69 bits per heavy atom. The molecule has 1 saturated heterocycles. The van der Waals surface area contributed by atoms with Gasteiger partial charge in [-0.3, -0.25) is 0 Å². The van der Waals surface area contributed by atoms with Gasteiger partial charge in [0.1, 0.15) is 0 Å². The Morgan fingerprint density at radius 1 is 1.38 bits per heavy atom. The number of hydrogen-bond donors (Lipinski definition) is 1. The Balaban J connectivity index is 1.98. The first kappa shape index (κ1) is 13.9. The third-order valence-corrected chi connectivity index (χ3v) is 3.44. The van der Waals surface area contributed by atoms with E-state index in [1.165, 1.54) is 39.0 Å². The van der Waals surface area contributed by atoms with Crippen LogP contribution in [-0.4, -0.2) is 62.7 Å². The third-order valence-electron chi connectivity index (χ3n) is 3.44. The summed E-state index contributed by atoms with van der Waals surface area (Å²) in [5.74, 6) is 0.877. The van der Waals surface area contributed by atoms with Crippen molar-refractivity contribution < 1.29 is 0 Å². The summed E-state index contributed by atoms with van der Waals surface area (Å²) in [6.07, 6.45) is 2.63. The molecule has 1 aliphatic rings. The molecular weight excluding hydrogens is 198 g/mol. The van der Waals surface area contributed by atoms with Crippen LogP contribution in [0.1, 0.15) is 26.7 Å². The van der Waals surface area contributed by atoms with Crippen molar-refractivity contribution in [1.82, 2.24) is 15.1 Å². The van der Waals surface area contributed by atoms with Crippen LogP contribution in [0.2, 0.25) is 0 Å². The first-order valence-electron chi connectivity index (χ1n) is 6.69. The average Bonchev–Trinajstić information content (AvgIpc) is 2.65. The van der Waals surface area contributed by atoms with Crippen molar-refractivity contribution in [2.75, 3.05) is 46.8 Å². The fourth-order valence-electron chi connectivity index (χ4n) is 2.32. The molecule has 3 heteroatoms. The minimum absolute atomic E-state index is 0.721. The van der Waals surface area contributed by atoms with E-state index in [2.05, 4.69) is 43.1 Å². The van der Waals surface area contributed by atoms with Gasteiger partial charge >= 0.3 is 0 Å². The quantitative estimate of drug-likeness (QED) is 0.661. The molecule has 0 saturated carbocycles. The maximum atomic E-state index is 3.59. The van der Waals surface area contributed by atoms with Crippen LogP contribution in [0.25, 0.3) is 0 Å². The van der Waals surface area contributed by atoms with Crippen LogP contribution >= 0.6 is 0 Å². The summed E-state index contributed by atoms with van der Waals surface area (Å²) in [5.41, 5.74) is 0. The van der Waals surface area contributed by atoms with Gasteiger partial charge in [-0.15, -0.1) is 0 Å². The van der Waals surface area contributed by atoms with E-state index in [-0.39, 0.29) is 0 Å². The molecule has 3 nitrogen and oxygen atoms in total. The maximum absolute atomic E-state index is 3.59. The standard InChI is InChI=1S/C13H29N3/c1-12(2)16-9-6-13(11-16)10-14-7-5-8-15(3)4/h12-14H,5-11H2,1-4H3. The van der Waals surface area contributed by atoms with Crippen LogP contribution in [0.3, 0.4) is 0 Å². The highest BCUT2D eigenvalue weighted by molar-refractivity contribution is 4.78. The molecule has 0 spiro atoms. The molecule has 0 aromatic heterocycles. The molecule has 1 atom stereocenters. The van der Waals surface area contributed by atoms with Crippen molar-refractivity contribution in [2.45, 2.75) is 32.7 Å². The van der Waals surface area contributed by atoms with E-state index in [1.807, 2.05) is 0 Å². The zero-order chi connectivity index (χ0) is 12.0. The van der Waals surface area contributed by atoms with Crippen molar-refractivity contribution >= 4 is 0 Å². The largest absolute Gasteiger partial charge is 0.316 e. The van der Waals surface area contributed by atoms with Crippen LogP contribution in [0.5, 0.6) is 0 Å². The molecule has 0 aromatic rings. The van der Waals surface area contributed by atoms with E-state index < -0.39 is 0 Å². The van der Waals surface area contributed by atoms with Crippen molar-refractivity contribution in [3.8, 4) is 0 Å². The van der Waals surface area contributed by atoms with Crippen LogP contribution in [0.15, 0.2) is 0 Å². The maximum Gasteiger partial charge on any atom is 0.00387 e. The summed E-state index contributed by atoms with van der Waals surface area (Å²) in [6, 6.07) is 0.721. The Kier molecular flexibility index (Phi) is 6.32. The van der Waals surface area contributed by atoms with Gasteiger partial charge in [-0.1, -0.05) is 0 Å². The fraction of sp³-hybridized carbons (Fsp3) is 1.00. The Morgan fingerprint density at radius 2 is 2.12 bits per heavy atom. The Hall–Kier alpha value is -0.120. The van der Waals surface area contributed by atoms with Crippen molar-refractivity contribution in [3.05, 3.63) is 0 Å². The Bertz CT molecular complexity index is 180. The van der Waals surface area contributed by atoms with Gasteiger partial charge in [0.2, 0.25) is 0 Å². The molecule has 1 heterocycles. The number of nitrogens with zero attached hydrogens (tertiary/aromatic N) is 2. The third kappa shape index (κ3) is 5.28. The highest BCUT2D eigenvalue weighted by Gasteiger charge is 2.23. The highest BCUT2D eigenvalue weighted by atomic mass is 15.2. The van der Waals surface area contributed by atoms with Gasteiger partial charge in [0.15, 0.2) is 0 Å². The smallest absolute Gasteiger partial charge is 0.00387 e. The molecular formula is C13H29N3. The predicted molar refractivity (Wildman–Crippen MR) is 70.9 cm³/mol. The van der Waals surface area contributed by atoms with Crippen LogP contribution in [-0.2, 0) is 0 Å². The minimum Gasteiger partial charge on any atom is -0.316 e. The molecule has 1 unspecified atom stereocenters. The number of hydrogen-bond acceptors (Lipinski definition) is 3. The predicted octanol–water partition coefficient (Wildman–Crippen LogP) is 1.26. The topological polar surface area (TPSA) is 18.5 Å². The van der Waals surface area contributed by atoms with Gasteiger partial charge in [0, 0.05) is 12.6 Å². The van der Waals surface area contributed by atoms with Gasteiger partial charge in [0.05, 0.1) is 0 Å². The fourth-order valence-corrected chi connectivity index (χ4v) is 2.32. The SMILES string of the molecule is CC(C)N1CCC(CNCCCN(C)C)C1. The molecule has 0 amide bonds. The van der Waals surface area contributed by atoms with Crippen LogP contribution in [0.4, 0.5) is 0 Å². The molecule has 1 aliphatic heterocycles. The second-order valence-corrected chi connectivity index (χ2v) is 5.60. The van der Waals surface area contributed by atoms with Gasteiger partial charge in [-0.25, -0.2) is 0 Å². The molecule has 1 N–H and O–H groups in total. The lowest BCUT2D eigenvalue weighted by atomic mass is 10.1. The lowest BCUT2D eigenvalue weighted by Crippen LogP contribution is -2.31. The van der Waals surface area contributed by atoms with Gasteiger partial charge in [-0.05, 0) is 72.9 Å². The summed E-state index contributed by atoms with van der Waals surface area (Å²) < 4.78 is 0. The summed E-state index contributed by atoms with van der Waals surface area (Å²) in [6.45, 7) is 10.7. The summed E-state index contributed by atoms with van der Waals surface area (Å²) in [7, 11) is 4.27. The first-order chi connectivity index (χ1) is 7.59. The van der Waals surface area contributed by atoms with E-state index in [4.69, 9.17) is 0 Å². The normalized spacial score (nSPS) is 22.5. The molecule has 0 aliphatic carbocycles. The number of nitrogens with one attached hydrogen (secondary N) is 1. The first-order valence-corrected chi connectivity index (χ1v) is 6.69. The number of rotatable bonds is 7. The summed E-state index contributed by atoms with van der Waals surface area (Å²) >= 11 is 0. The molecule has 0 bridgehead atoms. The van der Waals surface area contributed by atoms with Crippen LogP contribution < -0.4 is 5.32 Å². The van der Waals surface area contributed by atoms with Crippen molar-refractivity contribution in [2.24, 2.45) is 5.92 Å². The monoisotopic (exact) mass is 227 g/mol. The lowest BCUT2D eigenvalue weighted by molar-refractivity contribution is 0.263. The second kappa shape index (κ2) is 7.25. The summed E-state index contributed by atoms with van der Waals surface area (Å²) in [5, 5.41) is 3.59. The van der Waals surface area contributed by atoms with E-state index in [9.17, 15) is 0 Å². The highest BCUT2D eigenvalue weighted by Crippen LogP contribution is 2.17. The zero-order valence-corrected chi connectivity index (χ0v) is 11.5. The van der Waals surface area contributed by atoms with E-state index in [0.29, 0.717) is 0 Å². The van der Waals surface area contributed by atoms with E-state index in [0.717, 1.165) is 18.5 Å².